The molecule has 70 heavy (non-hydrogen) atoms. The molecule has 2 heterocycles. The van der Waals surface area contributed by atoms with Gasteiger partial charge in [0.2, 0.25) is 0 Å². The normalized spacial score (nSPS) is 13.0. The lowest BCUT2D eigenvalue weighted by Crippen LogP contribution is -2.56. The van der Waals surface area contributed by atoms with Gasteiger partial charge in [0, 0.05) is 38.8 Å². The van der Waals surface area contributed by atoms with Crippen molar-refractivity contribution in [3.05, 3.63) is 224 Å². The average Bonchev–Trinajstić information content (AvgIpc) is 3.78. The monoisotopic (exact) mass is 932 g/mol. The second kappa shape index (κ2) is 16.1. The Balaban J connectivity index is 1.05. The van der Waals surface area contributed by atoms with Gasteiger partial charge in [-0.25, -0.2) is 0 Å². The summed E-state index contributed by atoms with van der Waals surface area (Å²) >= 11 is 0. The van der Waals surface area contributed by atoms with E-state index in [4.69, 9.17) is 4.42 Å². The maximum atomic E-state index is 6.82. The molecular formula is C65H52N2OSi2. The Morgan fingerprint density at radius 3 is 1.76 bits per heavy atom. The van der Waals surface area contributed by atoms with Gasteiger partial charge in [0.05, 0.1) is 25.1 Å². The predicted octanol–water partition coefficient (Wildman–Crippen LogP) is 17.0. The molecule has 1 aromatic heterocycles. The van der Waals surface area contributed by atoms with Gasteiger partial charge in [0.1, 0.15) is 13.7 Å². The standard InChI is InChI=1S/C65H52N2OSi2/c1-69(2,3)47-37-34-45(35-38-47)66(44-22-10-7-11-23-44)60-42-56-53-28-19-33-62-64(53)57(41-55(56)49-25-12-13-26-50(49)60)52-39-36-46(40-63(52)70(62,4)5)67(58-30-16-14-24-48(58)43-20-8-6-9-21-43)59-31-18-29-54-51-27-15-17-32-61(51)68-65(54)59/h6-42H,1-5H3. The Labute approximate surface area is 411 Å². The fraction of sp³-hybridized carbons (Fsp3) is 0.0769. The Morgan fingerprint density at radius 2 is 0.971 bits per heavy atom. The molecule has 11 aromatic carbocycles. The fourth-order valence-corrected chi connectivity index (χ4v) is 15.8. The van der Waals surface area contributed by atoms with Crippen LogP contribution in [-0.4, -0.2) is 16.1 Å². The number of nitrogens with zero attached hydrogens (tertiary/aromatic N) is 2. The maximum Gasteiger partial charge on any atom is 0.159 e. The number of furan rings is 1. The van der Waals surface area contributed by atoms with Crippen molar-refractivity contribution in [2.24, 2.45) is 0 Å². The molecule has 0 unspecified atom stereocenters. The molecule has 0 amide bonds. The van der Waals surface area contributed by atoms with Crippen molar-refractivity contribution < 1.29 is 4.42 Å². The van der Waals surface area contributed by atoms with Crippen LogP contribution in [0.2, 0.25) is 32.7 Å². The SMILES string of the molecule is C[Si](C)(C)c1ccc(N(c2ccccc2)c2cc3c4cccc5c4c(cc3c3ccccc23)-c2ccc(N(c3ccccc3-c3ccccc3)c3cccc4c3oc3ccccc34)cc2[Si]5(C)C)cc1. The summed E-state index contributed by atoms with van der Waals surface area (Å²) in [5.41, 5.74) is 13.4. The Morgan fingerprint density at radius 1 is 0.371 bits per heavy atom. The zero-order chi connectivity index (χ0) is 47.3. The predicted molar refractivity (Wildman–Crippen MR) is 306 cm³/mol. The number of anilines is 6. The van der Waals surface area contributed by atoms with Gasteiger partial charge in [-0.05, 0) is 121 Å². The quantitative estimate of drug-likeness (QED) is 0.112. The van der Waals surface area contributed by atoms with Crippen molar-refractivity contribution in [3.8, 4) is 22.3 Å². The molecule has 0 fully saturated rings. The lowest BCUT2D eigenvalue weighted by molar-refractivity contribution is 0.669. The van der Waals surface area contributed by atoms with Gasteiger partial charge < -0.3 is 14.2 Å². The molecular weight excluding hydrogens is 881 g/mol. The zero-order valence-corrected chi connectivity index (χ0v) is 42.2. The number of hydrogen-bond acceptors (Lipinski definition) is 3. The van der Waals surface area contributed by atoms with Crippen molar-refractivity contribution in [1.82, 2.24) is 0 Å². The number of benzene rings is 11. The van der Waals surface area contributed by atoms with E-state index in [9.17, 15) is 0 Å². The van der Waals surface area contributed by atoms with Crippen molar-refractivity contribution in [2.45, 2.75) is 32.7 Å². The van der Waals surface area contributed by atoms with Crippen LogP contribution in [-0.2, 0) is 0 Å². The molecule has 1 aliphatic rings. The van der Waals surface area contributed by atoms with Crippen LogP contribution in [0.15, 0.2) is 229 Å². The molecule has 0 radical (unpaired) electrons. The largest absolute Gasteiger partial charge is 0.454 e. The molecule has 0 atom stereocenters. The summed E-state index contributed by atoms with van der Waals surface area (Å²) < 4.78 is 6.82. The second-order valence-electron chi connectivity index (χ2n) is 20.5. The average molecular weight is 933 g/mol. The lowest BCUT2D eigenvalue weighted by atomic mass is 9.89. The van der Waals surface area contributed by atoms with Crippen LogP contribution in [0.3, 0.4) is 0 Å². The third kappa shape index (κ3) is 6.60. The van der Waals surface area contributed by atoms with E-state index in [-0.39, 0.29) is 0 Å². The van der Waals surface area contributed by atoms with Crippen LogP contribution in [0.25, 0.3) is 76.5 Å². The molecule has 0 N–H and O–H groups in total. The highest BCUT2D eigenvalue weighted by Gasteiger charge is 2.37. The van der Waals surface area contributed by atoms with Crippen LogP contribution < -0.4 is 25.4 Å². The van der Waals surface area contributed by atoms with Crippen LogP contribution in [0.5, 0.6) is 0 Å². The highest BCUT2D eigenvalue weighted by atomic mass is 28.3. The van der Waals surface area contributed by atoms with Crippen LogP contribution in [0.4, 0.5) is 34.1 Å². The minimum atomic E-state index is -2.36. The van der Waals surface area contributed by atoms with Gasteiger partial charge in [-0.15, -0.1) is 0 Å². The Kier molecular flexibility index (Phi) is 9.67. The van der Waals surface area contributed by atoms with Gasteiger partial charge in [-0.1, -0.05) is 196 Å². The summed E-state index contributed by atoms with van der Waals surface area (Å²) in [7, 11) is -3.86. The second-order valence-corrected chi connectivity index (χ2v) is 29.9. The summed E-state index contributed by atoms with van der Waals surface area (Å²) in [6.07, 6.45) is 0. The molecule has 0 saturated carbocycles. The highest BCUT2D eigenvalue weighted by molar-refractivity contribution is 7.03. The molecule has 13 rings (SSSR count). The van der Waals surface area contributed by atoms with E-state index in [2.05, 4.69) is 267 Å². The smallest absolute Gasteiger partial charge is 0.159 e. The van der Waals surface area contributed by atoms with Gasteiger partial charge in [-0.3, -0.25) is 0 Å². The third-order valence-corrected chi connectivity index (χ3v) is 20.6. The number of fused-ring (bicyclic) bond motifs is 9. The van der Waals surface area contributed by atoms with E-state index in [0.717, 1.165) is 55.9 Å². The molecule has 5 heteroatoms. The van der Waals surface area contributed by atoms with Crippen LogP contribution in [0.1, 0.15) is 0 Å². The van der Waals surface area contributed by atoms with Crippen molar-refractivity contribution in [1.29, 1.82) is 0 Å². The summed E-state index contributed by atoms with van der Waals surface area (Å²) in [5, 5.41) is 14.3. The van der Waals surface area contributed by atoms with Gasteiger partial charge in [0.25, 0.3) is 0 Å². The first-order valence-corrected chi connectivity index (χ1v) is 31.0. The summed E-state index contributed by atoms with van der Waals surface area (Å²) in [6, 6.07) is 83.2. The molecule has 336 valence electrons. The minimum Gasteiger partial charge on any atom is -0.454 e. The minimum absolute atomic E-state index is 0.878. The molecule has 12 aromatic rings. The Bertz CT molecular complexity index is 4020. The summed E-state index contributed by atoms with van der Waals surface area (Å²) in [6.45, 7) is 12.4. The number of para-hydroxylation sites is 4. The van der Waals surface area contributed by atoms with E-state index >= 15 is 0 Å². The number of rotatable bonds is 8. The van der Waals surface area contributed by atoms with Crippen LogP contribution >= 0.6 is 0 Å². The van der Waals surface area contributed by atoms with E-state index in [1.54, 1.807) is 0 Å². The molecule has 0 aliphatic carbocycles. The fourth-order valence-electron chi connectivity index (χ4n) is 11.5. The molecule has 1 aliphatic heterocycles. The first kappa shape index (κ1) is 42.2. The van der Waals surface area contributed by atoms with Crippen molar-refractivity contribution >= 4 is 120 Å². The summed E-state index contributed by atoms with van der Waals surface area (Å²) in [4.78, 5) is 4.91. The van der Waals surface area contributed by atoms with E-state index in [1.165, 1.54) is 70.3 Å². The third-order valence-electron chi connectivity index (χ3n) is 15.0. The topological polar surface area (TPSA) is 19.6 Å². The first-order valence-electron chi connectivity index (χ1n) is 24.5. The number of hydrogen-bond donors (Lipinski definition) is 0. The van der Waals surface area contributed by atoms with Gasteiger partial charge >= 0.3 is 0 Å². The van der Waals surface area contributed by atoms with E-state index in [1.807, 2.05) is 0 Å². The van der Waals surface area contributed by atoms with Crippen molar-refractivity contribution in [2.75, 3.05) is 9.80 Å². The maximum absolute atomic E-state index is 6.82. The van der Waals surface area contributed by atoms with Crippen LogP contribution in [0, 0.1) is 0 Å². The zero-order valence-electron chi connectivity index (χ0n) is 40.2. The molecule has 0 bridgehead atoms. The molecule has 0 saturated heterocycles. The first-order chi connectivity index (χ1) is 34.1. The van der Waals surface area contributed by atoms with E-state index in [0.29, 0.717) is 0 Å². The lowest BCUT2D eigenvalue weighted by Gasteiger charge is -2.36. The Hall–Kier alpha value is -7.97. The molecule has 0 spiro atoms. The summed E-state index contributed by atoms with van der Waals surface area (Å²) in [5.74, 6) is 0. The van der Waals surface area contributed by atoms with E-state index < -0.39 is 16.1 Å². The van der Waals surface area contributed by atoms with Gasteiger partial charge in [-0.2, -0.15) is 0 Å². The highest BCUT2D eigenvalue weighted by Crippen LogP contribution is 2.49. The van der Waals surface area contributed by atoms with Crippen molar-refractivity contribution in [3.63, 3.8) is 0 Å². The van der Waals surface area contributed by atoms with Gasteiger partial charge in [0.15, 0.2) is 5.58 Å². The molecule has 3 nitrogen and oxygen atoms in total.